The second-order valence-corrected chi connectivity index (χ2v) is 8.80. The van der Waals surface area contributed by atoms with Gasteiger partial charge in [0, 0.05) is 25.1 Å². The molecule has 0 saturated heterocycles. The Bertz CT molecular complexity index is 1360. The molecule has 9 nitrogen and oxygen atoms in total. The van der Waals surface area contributed by atoms with Crippen molar-refractivity contribution in [2.45, 2.75) is 25.8 Å². The average molecular weight is 505 g/mol. The molecule has 3 N–H and O–H groups in total. The van der Waals surface area contributed by atoms with E-state index in [1.807, 2.05) is 18.2 Å². The first-order valence-corrected chi connectivity index (χ1v) is 12.3. The number of hydrogen-bond donors (Lipinski definition) is 3. The van der Waals surface area contributed by atoms with Gasteiger partial charge >= 0.3 is 5.97 Å². The summed E-state index contributed by atoms with van der Waals surface area (Å²) in [7, 11) is 2.77. The van der Waals surface area contributed by atoms with Gasteiger partial charge in [-0.25, -0.2) is 4.79 Å². The van der Waals surface area contributed by atoms with Crippen LogP contribution in [0.1, 0.15) is 46.7 Å². The number of esters is 1. The molecule has 1 aliphatic rings. The summed E-state index contributed by atoms with van der Waals surface area (Å²) in [5.41, 5.74) is 3.61. The van der Waals surface area contributed by atoms with Crippen LogP contribution in [0.25, 0.3) is 10.9 Å². The van der Waals surface area contributed by atoms with Gasteiger partial charge in [0.1, 0.15) is 17.1 Å². The molecule has 1 atom stereocenters. The fourth-order valence-corrected chi connectivity index (χ4v) is 4.91. The predicted molar refractivity (Wildman–Crippen MR) is 145 cm³/mol. The van der Waals surface area contributed by atoms with Crippen molar-refractivity contribution < 1.29 is 24.2 Å². The van der Waals surface area contributed by atoms with Gasteiger partial charge in [0.05, 0.1) is 49.3 Å². The molecule has 0 bridgehead atoms. The maximum atomic E-state index is 13.8. The number of ether oxygens (including phenoxy) is 2. The highest BCUT2D eigenvalue weighted by molar-refractivity contribution is 6.10. The minimum atomic E-state index is -0.556. The lowest BCUT2D eigenvalue weighted by Gasteiger charge is -2.36. The number of aliphatic hydroxyl groups excluding tert-OH is 1. The van der Waals surface area contributed by atoms with Crippen LogP contribution in [-0.2, 0) is 4.74 Å². The Morgan fingerprint density at radius 2 is 2.05 bits per heavy atom. The Morgan fingerprint density at radius 3 is 2.73 bits per heavy atom. The van der Waals surface area contributed by atoms with E-state index in [4.69, 9.17) is 15.9 Å². The van der Waals surface area contributed by atoms with Crippen molar-refractivity contribution in [3.05, 3.63) is 47.7 Å². The van der Waals surface area contributed by atoms with Gasteiger partial charge in [0.2, 0.25) is 0 Å². The summed E-state index contributed by atoms with van der Waals surface area (Å²) >= 11 is 0. The minimum Gasteiger partial charge on any atom is -0.494 e. The lowest BCUT2D eigenvalue weighted by Crippen LogP contribution is -2.37. The summed E-state index contributed by atoms with van der Waals surface area (Å²) in [4.78, 5) is 28.4. The third kappa shape index (κ3) is 4.93. The number of hydrogen-bond acceptors (Lipinski definition) is 7. The third-order valence-electron chi connectivity index (χ3n) is 6.62. The van der Waals surface area contributed by atoms with Gasteiger partial charge in [-0.05, 0) is 37.1 Å². The molecule has 1 aromatic heterocycles. The number of aliphatic hydroxyl groups is 1. The SMILES string of the molecule is C#CCNc1c(NC(=O)c2cc3cccc4c3n2C(CC)CN4CCCO)cc(C(=O)OC)cc1OC. The summed E-state index contributed by atoms with van der Waals surface area (Å²) in [6, 6.07) is 11.1. The predicted octanol–water partition coefficient (Wildman–Crippen LogP) is 3.89. The number of terminal acetylenes is 1. The van der Waals surface area contributed by atoms with Crippen LogP contribution in [0.15, 0.2) is 36.4 Å². The average Bonchev–Trinajstić information content (AvgIpc) is 3.32. The number of nitrogens with one attached hydrogen (secondary N) is 2. The number of benzene rings is 2. The van der Waals surface area contributed by atoms with Crippen LogP contribution in [0.3, 0.4) is 0 Å². The molecule has 4 rings (SSSR count). The molecule has 2 heterocycles. The molecule has 37 heavy (non-hydrogen) atoms. The van der Waals surface area contributed by atoms with Crippen molar-refractivity contribution in [1.82, 2.24) is 4.57 Å². The summed E-state index contributed by atoms with van der Waals surface area (Å²) in [6.07, 6.45) is 6.95. The van der Waals surface area contributed by atoms with E-state index in [0.717, 1.165) is 36.1 Å². The lowest BCUT2D eigenvalue weighted by atomic mass is 10.1. The maximum absolute atomic E-state index is 13.8. The molecule has 2 aromatic carbocycles. The standard InChI is InChI=1S/C28H32N4O5/c1-5-11-29-25-21(14-19(28(35)37-4)16-24(25)36-3)30-27(34)23-15-18-9-7-10-22-26(18)32(23)20(6-2)17-31(22)12-8-13-33/h1,7,9-10,14-16,20,29,33H,6,8,11-13,17H2,2-4H3,(H,30,34). The zero-order chi connectivity index (χ0) is 26.5. The smallest absolute Gasteiger partial charge is 0.338 e. The summed E-state index contributed by atoms with van der Waals surface area (Å²) in [6.45, 7) is 3.90. The molecule has 3 aromatic rings. The first-order chi connectivity index (χ1) is 18.0. The van der Waals surface area contributed by atoms with Crippen LogP contribution >= 0.6 is 0 Å². The van der Waals surface area contributed by atoms with Gasteiger partial charge in [-0.15, -0.1) is 6.42 Å². The minimum absolute atomic E-state index is 0.0711. The number of rotatable bonds is 10. The zero-order valence-electron chi connectivity index (χ0n) is 21.3. The van der Waals surface area contributed by atoms with Gasteiger partial charge in [-0.3, -0.25) is 4.79 Å². The molecule has 0 aliphatic carbocycles. The monoisotopic (exact) mass is 504 g/mol. The molecule has 9 heteroatoms. The van der Waals surface area contributed by atoms with E-state index in [2.05, 4.69) is 39.0 Å². The normalized spacial score (nSPS) is 14.2. The summed E-state index contributed by atoms with van der Waals surface area (Å²) in [5, 5.41) is 16.4. The Morgan fingerprint density at radius 1 is 1.24 bits per heavy atom. The first kappa shape index (κ1) is 25.9. The Kier molecular flexibility index (Phi) is 7.89. The molecule has 0 radical (unpaired) electrons. The fourth-order valence-electron chi connectivity index (χ4n) is 4.91. The molecule has 1 aliphatic heterocycles. The zero-order valence-corrected chi connectivity index (χ0v) is 21.3. The van der Waals surface area contributed by atoms with Crippen LogP contribution in [-0.4, -0.2) is 62.0 Å². The van der Waals surface area contributed by atoms with Crippen molar-refractivity contribution in [3.8, 4) is 18.1 Å². The second kappa shape index (κ2) is 11.3. The molecule has 1 unspecified atom stereocenters. The first-order valence-electron chi connectivity index (χ1n) is 12.3. The van der Waals surface area contributed by atoms with E-state index in [1.165, 1.54) is 20.3 Å². The lowest BCUT2D eigenvalue weighted by molar-refractivity contribution is 0.0600. The second-order valence-electron chi connectivity index (χ2n) is 8.80. The number of anilines is 3. The van der Waals surface area contributed by atoms with Gasteiger partial charge in [-0.2, -0.15) is 0 Å². The van der Waals surface area contributed by atoms with Crippen molar-refractivity contribution >= 4 is 39.8 Å². The Balaban J connectivity index is 1.80. The number of methoxy groups -OCH3 is 2. The fraction of sp³-hybridized carbons (Fsp3) is 0.357. The molecular formula is C28H32N4O5. The third-order valence-corrected chi connectivity index (χ3v) is 6.62. The van der Waals surface area contributed by atoms with Gasteiger partial charge in [0.25, 0.3) is 5.91 Å². The highest BCUT2D eigenvalue weighted by Gasteiger charge is 2.30. The molecule has 194 valence electrons. The summed E-state index contributed by atoms with van der Waals surface area (Å²) < 4.78 is 12.5. The quantitative estimate of drug-likeness (QED) is 0.284. The van der Waals surface area contributed by atoms with Crippen LogP contribution in [0.2, 0.25) is 0 Å². The van der Waals surface area contributed by atoms with Crippen LogP contribution in [0.4, 0.5) is 17.1 Å². The van der Waals surface area contributed by atoms with E-state index >= 15 is 0 Å². The van der Waals surface area contributed by atoms with Gasteiger partial charge < -0.3 is 34.7 Å². The van der Waals surface area contributed by atoms with Crippen LogP contribution in [0, 0.1) is 12.3 Å². The maximum Gasteiger partial charge on any atom is 0.338 e. The highest BCUT2D eigenvalue weighted by Crippen LogP contribution is 2.40. The Hall–Kier alpha value is -4.16. The van der Waals surface area contributed by atoms with E-state index < -0.39 is 5.97 Å². The van der Waals surface area contributed by atoms with E-state index in [0.29, 0.717) is 29.2 Å². The molecular weight excluding hydrogens is 472 g/mol. The largest absolute Gasteiger partial charge is 0.494 e. The molecule has 0 spiro atoms. The molecule has 0 fully saturated rings. The Labute approximate surface area is 216 Å². The van der Waals surface area contributed by atoms with Crippen LogP contribution < -0.4 is 20.3 Å². The summed E-state index contributed by atoms with van der Waals surface area (Å²) in [5.74, 6) is 1.99. The van der Waals surface area contributed by atoms with E-state index in [1.54, 1.807) is 6.07 Å². The topological polar surface area (TPSA) is 105 Å². The van der Waals surface area contributed by atoms with Crippen molar-refractivity contribution in [3.63, 3.8) is 0 Å². The molecule has 0 saturated carbocycles. The number of aromatic nitrogens is 1. The van der Waals surface area contributed by atoms with Crippen molar-refractivity contribution in [1.29, 1.82) is 0 Å². The number of carbonyl (C=O) groups excluding carboxylic acids is 2. The van der Waals surface area contributed by atoms with Crippen molar-refractivity contribution in [2.75, 3.05) is 56.0 Å². The van der Waals surface area contributed by atoms with Gasteiger partial charge in [-0.1, -0.05) is 25.0 Å². The van der Waals surface area contributed by atoms with Gasteiger partial charge in [0.15, 0.2) is 0 Å². The number of para-hydroxylation sites is 1. The van der Waals surface area contributed by atoms with E-state index in [-0.39, 0.29) is 30.7 Å². The molecule has 1 amide bonds. The van der Waals surface area contributed by atoms with Crippen LogP contribution in [0.5, 0.6) is 5.75 Å². The number of carbonyl (C=O) groups is 2. The van der Waals surface area contributed by atoms with Crippen molar-refractivity contribution in [2.24, 2.45) is 0 Å². The highest BCUT2D eigenvalue weighted by atomic mass is 16.5. The number of amides is 1. The number of nitrogens with zero attached hydrogens (tertiary/aromatic N) is 2. The van der Waals surface area contributed by atoms with E-state index in [9.17, 15) is 14.7 Å².